The smallest absolute Gasteiger partial charge is 0.316 e. The lowest BCUT2D eigenvalue weighted by Crippen LogP contribution is -2.54. The van der Waals surface area contributed by atoms with Gasteiger partial charge >= 0.3 is 17.9 Å². The van der Waals surface area contributed by atoms with Crippen LogP contribution in [0.1, 0.15) is 59.3 Å². The zero-order valence-corrected chi connectivity index (χ0v) is 17.7. The number of fused-ring (bicyclic) bond motifs is 1. The number of esters is 3. The molecule has 0 aromatic rings. The fraction of sp³-hybridized carbons (Fsp3) is 0.783. The second-order valence-corrected chi connectivity index (χ2v) is 10.6. The van der Waals surface area contributed by atoms with E-state index >= 15 is 0 Å². The normalized spacial score (nSPS) is 51.9. The third-order valence-electron chi connectivity index (χ3n) is 9.46. The van der Waals surface area contributed by atoms with Gasteiger partial charge in [0.25, 0.3) is 0 Å². The van der Waals surface area contributed by atoms with Crippen LogP contribution in [0.4, 0.5) is 0 Å². The molecular formula is C23H30O6. The average Bonchev–Trinajstić information content (AvgIpc) is 3.07. The van der Waals surface area contributed by atoms with Crippen LogP contribution in [0.25, 0.3) is 0 Å². The van der Waals surface area contributed by atoms with Crippen molar-refractivity contribution >= 4 is 17.9 Å². The van der Waals surface area contributed by atoms with Crippen molar-refractivity contribution < 1.29 is 28.6 Å². The fourth-order valence-corrected chi connectivity index (χ4v) is 8.43. The van der Waals surface area contributed by atoms with Crippen molar-refractivity contribution in [1.29, 1.82) is 0 Å². The SMILES string of the molecule is C=C1C[C@]23C[C@@]1([13CH3])CC[C@H]2[C@@]12CC[C@H](OC(C)=O)[C@@](C)(C(=O)O1)[C@H]2[C@@H]3C(=O)OC. The summed E-state index contributed by atoms with van der Waals surface area (Å²) in [6, 6.07) is 0. The minimum atomic E-state index is -1.03. The van der Waals surface area contributed by atoms with E-state index in [1.54, 1.807) is 0 Å². The van der Waals surface area contributed by atoms with E-state index in [0.717, 1.165) is 25.7 Å². The molecule has 1 spiro atoms. The number of carbonyl (C=O) groups is 3. The number of allylic oxidation sites excluding steroid dienone is 1. The van der Waals surface area contributed by atoms with Crippen LogP contribution in [0, 0.1) is 34.0 Å². The second-order valence-electron chi connectivity index (χ2n) is 10.6. The molecular weight excluding hydrogens is 373 g/mol. The third kappa shape index (κ3) is 1.96. The molecule has 6 nitrogen and oxygen atoms in total. The summed E-state index contributed by atoms with van der Waals surface area (Å²) in [5.74, 6) is -1.69. The first kappa shape index (κ1) is 19.1. The van der Waals surface area contributed by atoms with E-state index in [2.05, 4.69) is 13.5 Å². The van der Waals surface area contributed by atoms with Crippen LogP contribution in [0.15, 0.2) is 12.2 Å². The third-order valence-corrected chi connectivity index (χ3v) is 9.46. The molecule has 29 heavy (non-hydrogen) atoms. The van der Waals surface area contributed by atoms with E-state index in [1.165, 1.54) is 19.6 Å². The summed E-state index contributed by atoms with van der Waals surface area (Å²) >= 11 is 0. The molecule has 4 aliphatic carbocycles. The molecule has 5 fully saturated rings. The molecule has 1 aliphatic heterocycles. The Morgan fingerprint density at radius 1 is 1.21 bits per heavy atom. The summed E-state index contributed by atoms with van der Waals surface area (Å²) < 4.78 is 17.2. The topological polar surface area (TPSA) is 78.9 Å². The Morgan fingerprint density at radius 3 is 2.59 bits per heavy atom. The van der Waals surface area contributed by atoms with Crippen molar-refractivity contribution in [2.75, 3.05) is 7.11 Å². The van der Waals surface area contributed by atoms with Gasteiger partial charge in [-0.3, -0.25) is 14.4 Å². The van der Waals surface area contributed by atoms with Gasteiger partial charge < -0.3 is 14.2 Å². The van der Waals surface area contributed by atoms with E-state index in [4.69, 9.17) is 14.2 Å². The monoisotopic (exact) mass is 403 g/mol. The highest BCUT2D eigenvalue weighted by Gasteiger charge is 2.84. The summed E-state index contributed by atoms with van der Waals surface area (Å²) in [5.41, 5.74) is -0.781. The van der Waals surface area contributed by atoms with Gasteiger partial charge in [-0.2, -0.15) is 0 Å². The van der Waals surface area contributed by atoms with Crippen LogP contribution < -0.4 is 0 Å². The van der Waals surface area contributed by atoms with E-state index in [1.807, 2.05) is 6.92 Å². The van der Waals surface area contributed by atoms with Crippen molar-refractivity contribution in [3.63, 3.8) is 0 Å². The van der Waals surface area contributed by atoms with Gasteiger partial charge in [0.15, 0.2) is 0 Å². The van der Waals surface area contributed by atoms with Gasteiger partial charge in [-0.1, -0.05) is 19.1 Å². The molecule has 5 aliphatic rings. The van der Waals surface area contributed by atoms with Gasteiger partial charge in [0, 0.05) is 18.8 Å². The summed E-state index contributed by atoms with van der Waals surface area (Å²) in [5, 5.41) is 0. The van der Waals surface area contributed by atoms with Crippen LogP contribution in [-0.4, -0.2) is 36.7 Å². The highest BCUT2D eigenvalue weighted by atomic mass is 16.6. The average molecular weight is 403 g/mol. The molecule has 6 heteroatoms. The Kier molecular flexibility index (Phi) is 3.59. The highest BCUT2D eigenvalue weighted by molar-refractivity contribution is 5.86. The lowest BCUT2D eigenvalue weighted by atomic mass is 9.59. The van der Waals surface area contributed by atoms with Gasteiger partial charge in [0.2, 0.25) is 0 Å². The molecule has 4 saturated carbocycles. The van der Waals surface area contributed by atoms with Crippen molar-refractivity contribution in [3.8, 4) is 0 Å². The van der Waals surface area contributed by atoms with Crippen LogP contribution in [0.5, 0.6) is 0 Å². The molecule has 4 bridgehead atoms. The molecule has 0 radical (unpaired) electrons. The standard InChI is InChI=1S/C23H30O6/c1-12-10-22-11-20(12,3)8-6-14(22)23-9-7-15(28-13(2)24)21(4,19(26)29-23)17(23)16(22)18(25)27-5/h14-17H,1,6-11H2,2-5H3/t14-,15+,16-,17-,20-,21-,22+,23-/m1/s1/i3+1. The fourth-order valence-electron chi connectivity index (χ4n) is 8.43. The molecule has 0 aromatic heterocycles. The summed E-state index contributed by atoms with van der Waals surface area (Å²) in [6.45, 7) is 9.83. The van der Waals surface area contributed by atoms with Gasteiger partial charge in [0.1, 0.15) is 17.1 Å². The van der Waals surface area contributed by atoms with Gasteiger partial charge in [-0.15, -0.1) is 0 Å². The Hall–Kier alpha value is -1.85. The van der Waals surface area contributed by atoms with Gasteiger partial charge in [0.05, 0.1) is 13.0 Å². The van der Waals surface area contributed by atoms with Crippen molar-refractivity contribution in [1.82, 2.24) is 0 Å². The molecule has 8 atom stereocenters. The molecule has 0 aromatic carbocycles. The lowest BCUT2D eigenvalue weighted by molar-refractivity contribution is -0.169. The molecule has 158 valence electrons. The predicted molar refractivity (Wildman–Crippen MR) is 102 cm³/mol. The van der Waals surface area contributed by atoms with E-state index in [9.17, 15) is 14.4 Å². The molecule has 0 unspecified atom stereocenters. The molecule has 0 amide bonds. The number of carbonyl (C=O) groups excluding carboxylic acids is 3. The Labute approximate surface area is 171 Å². The van der Waals surface area contributed by atoms with Gasteiger partial charge in [-0.25, -0.2) is 0 Å². The maximum absolute atomic E-state index is 13.3. The van der Waals surface area contributed by atoms with Crippen LogP contribution in [-0.2, 0) is 28.6 Å². The largest absolute Gasteiger partial charge is 0.469 e. The maximum Gasteiger partial charge on any atom is 0.316 e. The summed E-state index contributed by atoms with van der Waals surface area (Å²) in [4.78, 5) is 38.3. The zero-order valence-electron chi connectivity index (χ0n) is 17.7. The van der Waals surface area contributed by atoms with E-state index in [-0.39, 0.29) is 34.6 Å². The highest BCUT2D eigenvalue weighted by Crippen LogP contribution is 2.80. The van der Waals surface area contributed by atoms with Crippen LogP contribution >= 0.6 is 0 Å². The quantitative estimate of drug-likeness (QED) is 0.305. The zero-order chi connectivity index (χ0) is 21.0. The first-order chi connectivity index (χ1) is 13.5. The number of hydrogen-bond acceptors (Lipinski definition) is 6. The van der Waals surface area contributed by atoms with E-state index < -0.39 is 29.0 Å². The number of rotatable bonds is 2. The first-order valence-corrected chi connectivity index (χ1v) is 10.7. The predicted octanol–water partition coefficient (Wildman–Crippen LogP) is 3.19. The minimum Gasteiger partial charge on any atom is -0.469 e. The van der Waals surface area contributed by atoms with Crippen molar-refractivity contribution in [3.05, 3.63) is 12.2 Å². The van der Waals surface area contributed by atoms with E-state index in [0.29, 0.717) is 12.8 Å². The van der Waals surface area contributed by atoms with Gasteiger partial charge in [-0.05, 0) is 56.3 Å². The number of ether oxygens (including phenoxy) is 3. The summed E-state index contributed by atoms with van der Waals surface area (Å²) in [6.07, 6.45) is 4.21. The van der Waals surface area contributed by atoms with Crippen LogP contribution in [0.3, 0.4) is 0 Å². The Bertz CT molecular complexity index is 848. The van der Waals surface area contributed by atoms with Crippen molar-refractivity contribution in [2.45, 2.75) is 71.0 Å². The van der Waals surface area contributed by atoms with Crippen LogP contribution in [0.2, 0.25) is 0 Å². The molecule has 0 N–H and O–H groups in total. The van der Waals surface area contributed by atoms with Crippen molar-refractivity contribution in [2.24, 2.45) is 34.0 Å². The Balaban J connectivity index is 1.71. The summed E-state index contributed by atoms with van der Waals surface area (Å²) in [7, 11) is 1.42. The molecule has 5 rings (SSSR count). The maximum atomic E-state index is 13.3. The number of hydrogen-bond donors (Lipinski definition) is 0. The Morgan fingerprint density at radius 2 is 1.93 bits per heavy atom. The molecule has 1 heterocycles. The lowest BCUT2D eigenvalue weighted by Gasteiger charge is -2.46. The molecule has 1 saturated heterocycles. The first-order valence-electron chi connectivity index (χ1n) is 10.7. The number of methoxy groups -OCH3 is 1. The minimum absolute atomic E-state index is 0.0202. The second kappa shape index (κ2) is 5.44.